The van der Waals surface area contributed by atoms with E-state index in [9.17, 15) is 0 Å². The molecular formula is C17H19NO3. The van der Waals surface area contributed by atoms with Crippen molar-refractivity contribution in [2.24, 2.45) is 0 Å². The second kappa shape index (κ2) is 5.95. The van der Waals surface area contributed by atoms with E-state index in [0.29, 0.717) is 13.3 Å². The van der Waals surface area contributed by atoms with Gasteiger partial charge in [0.05, 0.1) is 6.10 Å². The Morgan fingerprint density at radius 2 is 1.90 bits per heavy atom. The van der Waals surface area contributed by atoms with Gasteiger partial charge in [0.15, 0.2) is 11.5 Å². The van der Waals surface area contributed by atoms with Crippen molar-refractivity contribution in [2.45, 2.75) is 26.5 Å². The largest absolute Gasteiger partial charge is 0.491 e. The molecule has 2 aromatic carbocycles. The molecule has 0 fully saturated rings. The van der Waals surface area contributed by atoms with Gasteiger partial charge in [-0.05, 0) is 44.2 Å². The van der Waals surface area contributed by atoms with Gasteiger partial charge in [0, 0.05) is 17.8 Å². The first-order chi connectivity index (χ1) is 10.2. The number of anilines is 1. The summed E-state index contributed by atoms with van der Waals surface area (Å²) < 4.78 is 16.5. The van der Waals surface area contributed by atoms with E-state index in [-0.39, 0.29) is 6.10 Å². The molecule has 0 spiro atoms. The molecule has 0 amide bonds. The molecule has 0 bridgehead atoms. The normalized spacial score (nSPS) is 12.5. The van der Waals surface area contributed by atoms with Crippen LogP contribution in [0, 0.1) is 0 Å². The van der Waals surface area contributed by atoms with Crippen molar-refractivity contribution in [3.8, 4) is 17.2 Å². The van der Waals surface area contributed by atoms with Gasteiger partial charge in [0.2, 0.25) is 6.79 Å². The first-order valence-electron chi connectivity index (χ1n) is 7.10. The van der Waals surface area contributed by atoms with Crippen LogP contribution in [0.4, 0.5) is 5.69 Å². The Labute approximate surface area is 124 Å². The number of hydrogen-bond donors (Lipinski definition) is 1. The summed E-state index contributed by atoms with van der Waals surface area (Å²) in [6.07, 6.45) is 0.188. The van der Waals surface area contributed by atoms with Crippen molar-refractivity contribution in [3.63, 3.8) is 0 Å². The Hall–Kier alpha value is -2.36. The van der Waals surface area contributed by atoms with E-state index in [1.807, 2.05) is 56.3 Å². The monoisotopic (exact) mass is 285 g/mol. The van der Waals surface area contributed by atoms with Gasteiger partial charge >= 0.3 is 0 Å². The predicted octanol–water partition coefficient (Wildman–Crippen LogP) is 3.81. The van der Waals surface area contributed by atoms with Crippen LogP contribution in [0.5, 0.6) is 17.2 Å². The summed E-state index contributed by atoms with van der Waals surface area (Å²) in [6, 6.07) is 13.9. The number of rotatable bonds is 5. The van der Waals surface area contributed by atoms with Crippen LogP contribution in [0.2, 0.25) is 0 Å². The highest BCUT2D eigenvalue weighted by atomic mass is 16.7. The molecule has 110 valence electrons. The van der Waals surface area contributed by atoms with Crippen molar-refractivity contribution in [1.29, 1.82) is 0 Å². The van der Waals surface area contributed by atoms with Gasteiger partial charge in [-0.15, -0.1) is 0 Å². The minimum absolute atomic E-state index is 0.188. The summed E-state index contributed by atoms with van der Waals surface area (Å²) >= 11 is 0. The van der Waals surface area contributed by atoms with E-state index in [1.54, 1.807) is 0 Å². The average Bonchev–Trinajstić information content (AvgIpc) is 2.95. The van der Waals surface area contributed by atoms with Gasteiger partial charge in [-0.25, -0.2) is 0 Å². The van der Waals surface area contributed by atoms with Gasteiger partial charge in [0.25, 0.3) is 0 Å². The molecule has 0 saturated heterocycles. The lowest BCUT2D eigenvalue weighted by Gasteiger charge is -2.12. The molecule has 1 aliphatic heterocycles. The molecule has 21 heavy (non-hydrogen) atoms. The molecule has 2 aromatic rings. The third kappa shape index (κ3) is 3.21. The molecular weight excluding hydrogens is 266 g/mol. The van der Waals surface area contributed by atoms with Crippen LogP contribution in [0.3, 0.4) is 0 Å². The molecule has 0 saturated carbocycles. The maximum Gasteiger partial charge on any atom is 0.231 e. The third-order valence-electron chi connectivity index (χ3n) is 3.19. The summed E-state index contributed by atoms with van der Waals surface area (Å²) in [6.45, 7) is 5.03. The molecule has 1 aliphatic rings. The quantitative estimate of drug-likeness (QED) is 0.906. The summed E-state index contributed by atoms with van der Waals surface area (Å²) in [5.41, 5.74) is 2.13. The first kappa shape index (κ1) is 13.6. The van der Waals surface area contributed by atoms with E-state index in [1.165, 1.54) is 0 Å². The van der Waals surface area contributed by atoms with E-state index in [0.717, 1.165) is 28.5 Å². The zero-order chi connectivity index (χ0) is 14.7. The van der Waals surface area contributed by atoms with Crippen LogP contribution < -0.4 is 19.5 Å². The van der Waals surface area contributed by atoms with Crippen molar-refractivity contribution >= 4 is 5.69 Å². The highest BCUT2D eigenvalue weighted by Crippen LogP contribution is 2.35. The van der Waals surface area contributed by atoms with Crippen LogP contribution in [0.15, 0.2) is 42.5 Å². The fraction of sp³-hybridized carbons (Fsp3) is 0.294. The van der Waals surface area contributed by atoms with Gasteiger partial charge in [-0.2, -0.15) is 0 Å². The standard InChI is InChI=1S/C17H19NO3/c1-12(2)21-15-8-6-14(7-9-15)18-10-13-4-3-5-16-17(13)20-11-19-16/h3-9,12,18H,10-11H2,1-2H3. The molecule has 0 unspecified atom stereocenters. The van der Waals surface area contributed by atoms with Gasteiger partial charge in [-0.1, -0.05) is 12.1 Å². The van der Waals surface area contributed by atoms with E-state index >= 15 is 0 Å². The summed E-state index contributed by atoms with van der Waals surface area (Å²) in [5.74, 6) is 2.53. The highest BCUT2D eigenvalue weighted by Gasteiger charge is 2.16. The highest BCUT2D eigenvalue weighted by molar-refractivity contribution is 5.51. The minimum atomic E-state index is 0.188. The van der Waals surface area contributed by atoms with Crippen molar-refractivity contribution < 1.29 is 14.2 Å². The maximum atomic E-state index is 5.63. The number of para-hydroxylation sites is 1. The second-order valence-electron chi connectivity index (χ2n) is 5.20. The molecule has 4 nitrogen and oxygen atoms in total. The van der Waals surface area contributed by atoms with E-state index < -0.39 is 0 Å². The van der Waals surface area contributed by atoms with Crippen LogP contribution in [0.1, 0.15) is 19.4 Å². The molecule has 1 N–H and O–H groups in total. The Bertz CT molecular complexity index is 608. The van der Waals surface area contributed by atoms with Gasteiger partial charge < -0.3 is 19.5 Å². The molecule has 0 aromatic heterocycles. The topological polar surface area (TPSA) is 39.7 Å². The van der Waals surface area contributed by atoms with Crippen LogP contribution >= 0.6 is 0 Å². The molecule has 0 atom stereocenters. The molecule has 3 rings (SSSR count). The van der Waals surface area contributed by atoms with Crippen molar-refractivity contribution in [1.82, 2.24) is 0 Å². The summed E-state index contributed by atoms with van der Waals surface area (Å²) in [4.78, 5) is 0. The summed E-state index contributed by atoms with van der Waals surface area (Å²) in [7, 11) is 0. The van der Waals surface area contributed by atoms with Gasteiger partial charge in [0.1, 0.15) is 5.75 Å². The third-order valence-corrected chi connectivity index (χ3v) is 3.19. The zero-order valence-corrected chi connectivity index (χ0v) is 12.3. The number of benzene rings is 2. The Kier molecular flexibility index (Phi) is 3.86. The van der Waals surface area contributed by atoms with E-state index in [2.05, 4.69) is 5.32 Å². The molecule has 1 heterocycles. The average molecular weight is 285 g/mol. The van der Waals surface area contributed by atoms with E-state index in [4.69, 9.17) is 14.2 Å². The number of fused-ring (bicyclic) bond motifs is 1. The van der Waals surface area contributed by atoms with Crippen LogP contribution in [-0.2, 0) is 6.54 Å². The number of nitrogens with one attached hydrogen (secondary N) is 1. The Morgan fingerprint density at radius 3 is 2.67 bits per heavy atom. The maximum absolute atomic E-state index is 5.63. The molecule has 0 radical (unpaired) electrons. The smallest absolute Gasteiger partial charge is 0.231 e. The number of hydrogen-bond acceptors (Lipinski definition) is 4. The zero-order valence-electron chi connectivity index (χ0n) is 12.3. The Morgan fingerprint density at radius 1 is 1.10 bits per heavy atom. The van der Waals surface area contributed by atoms with Crippen molar-refractivity contribution in [2.75, 3.05) is 12.1 Å². The fourth-order valence-electron chi connectivity index (χ4n) is 2.25. The summed E-state index contributed by atoms with van der Waals surface area (Å²) in [5, 5.41) is 3.38. The van der Waals surface area contributed by atoms with Crippen LogP contribution in [0.25, 0.3) is 0 Å². The Balaban J connectivity index is 1.64. The lowest BCUT2D eigenvalue weighted by atomic mass is 10.2. The first-order valence-corrected chi connectivity index (χ1v) is 7.10. The van der Waals surface area contributed by atoms with Crippen LogP contribution in [-0.4, -0.2) is 12.9 Å². The SMILES string of the molecule is CC(C)Oc1ccc(NCc2cccc3c2OCO3)cc1. The van der Waals surface area contributed by atoms with Gasteiger partial charge in [-0.3, -0.25) is 0 Å². The second-order valence-corrected chi connectivity index (χ2v) is 5.20. The molecule has 4 heteroatoms. The molecule has 0 aliphatic carbocycles. The lowest BCUT2D eigenvalue weighted by Crippen LogP contribution is -2.05. The predicted molar refractivity (Wildman–Crippen MR) is 82.1 cm³/mol. The fourth-order valence-corrected chi connectivity index (χ4v) is 2.25. The lowest BCUT2D eigenvalue weighted by molar-refractivity contribution is 0.173. The van der Waals surface area contributed by atoms with Crippen molar-refractivity contribution in [3.05, 3.63) is 48.0 Å². The number of ether oxygens (including phenoxy) is 3. The minimum Gasteiger partial charge on any atom is -0.491 e.